The van der Waals surface area contributed by atoms with Crippen LogP contribution in [0.4, 0.5) is 0 Å². The first-order valence-corrected chi connectivity index (χ1v) is 59.9. The molecule has 0 aliphatic heterocycles. The lowest BCUT2D eigenvalue weighted by molar-refractivity contribution is 0.582. The van der Waals surface area contributed by atoms with Crippen molar-refractivity contribution in [1.29, 1.82) is 0 Å². The number of benzene rings is 4. The van der Waals surface area contributed by atoms with E-state index in [1.54, 1.807) is 189 Å². The van der Waals surface area contributed by atoms with Gasteiger partial charge in [0, 0.05) is 254 Å². The summed E-state index contributed by atoms with van der Waals surface area (Å²) in [5.41, 5.74) is 51.3. The second-order valence-electron chi connectivity index (χ2n) is 34.0. The standard InChI is InChI=1S/2C30H21N3S3.C30H18O3S3.C30H18S6/c1-4-28(31-7-1)25-16-34-13-22(25)19-10-20(23-14-35-17-26(23)29-5-2-8-32-29)12-21(11-19)24-15-36-18-27(24)30-6-3-9-33-30;1-2-8-31(7-1)28-19-34-16-25(28)22-13-23(26-17-35-20-29(26)32-9-3-4-10-32)15-24(14-22)27-18-36-21-30(27)33-11-5-6-12-33;1-4-28(31-7-1)25-16-34-13-22(25)19-10-20(23-14-35-17-26(23)29-5-2-8-32-29)12-21(11-19)24-15-36-18-27(24)30-6-3-9-33-30;1-4-31-10-19(1)25-13-34-16-28(25)22-7-23(29-17-35-14-26(29)20-2-5-32-11-20)9-24(8-22)30-18-36-15-27(30)21-3-6-33-12-21/h1-18,31-33H;1-21H;2*1-18H. The molecule has 28 rings (SSSR count). The fourth-order valence-electron chi connectivity index (χ4n) is 18.6. The summed E-state index contributed by atoms with van der Waals surface area (Å²) in [6, 6.07) is 71.6. The summed E-state index contributed by atoms with van der Waals surface area (Å²) >= 11 is 26.1. The zero-order valence-corrected chi connectivity index (χ0v) is 88.2. The van der Waals surface area contributed by atoms with Gasteiger partial charge in [-0.25, -0.2) is 0 Å². The van der Waals surface area contributed by atoms with Gasteiger partial charge in [-0.1, -0.05) is 0 Å². The lowest BCUT2D eigenvalue weighted by Crippen LogP contribution is -1.94. The van der Waals surface area contributed by atoms with Crippen LogP contribution in [0.3, 0.4) is 0 Å². The summed E-state index contributed by atoms with van der Waals surface area (Å²) in [7, 11) is 0. The first kappa shape index (κ1) is 91.1. The molecule has 0 saturated carbocycles. The molecule has 9 nitrogen and oxygen atoms in total. The third kappa shape index (κ3) is 18.5. The van der Waals surface area contributed by atoms with Crippen molar-refractivity contribution in [3.63, 3.8) is 0 Å². The summed E-state index contributed by atoms with van der Waals surface area (Å²) in [5, 5.41) is 67.0. The van der Waals surface area contributed by atoms with Crippen LogP contribution in [-0.4, -0.2) is 28.7 Å². The van der Waals surface area contributed by atoms with E-state index in [1.165, 1.54) is 167 Å². The van der Waals surface area contributed by atoms with Crippen molar-refractivity contribution >= 4 is 170 Å². The Hall–Kier alpha value is -14.1. The SMILES string of the molecule is c1c[nH]c(-c2cscc2-c2cc(-c3cscc3-c3ccc[nH]3)cc(-c3cscc3-c3ccc[nH]3)c2)c1.c1cc(-c2cscc2-c2cc(-c3cscc3-c3ccsc3)cc(-c3cscc3-c3ccsc3)c2)cs1.c1ccn(-c2cscc2-c2cc(-c3cscc3-n3cccc3)cc(-c3cscc3-n3cccc3)c2)c1.c1coc(-c2cscc2-c2cc(-c3cscc3-c3ccco3)cc(-c3cscc3-c3ccco3)c2)c1. The Morgan fingerprint density at radius 3 is 0.562 bits per heavy atom. The highest BCUT2D eigenvalue weighted by Gasteiger charge is 2.26. The molecule has 0 aliphatic rings. The fraction of sp³-hybridized carbons (Fsp3) is 0. The first-order valence-electron chi connectivity index (χ1n) is 45.8. The van der Waals surface area contributed by atoms with Gasteiger partial charge in [0.25, 0.3) is 0 Å². The monoisotopic (exact) mass is 2130 g/mol. The number of hydrogen-bond acceptors (Lipinski definition) is 18. The molecule has 0 atom stereocenters. The van der Waals surface area contributed by atoms with Crippen molar-refractivity contribution in [2.75, 3.05) is 0 Å². The number of aromatic amines is 3. The number of aromatic nitrogens is 6. The second-order valence-corrected chi connectivity index (χ2v) is 45.3. The molecule has 24 heterocycles. The van der Waals surface area contributed by atoms with Gasteiger partial charge in [-0.2, -0.15) is 136 Å². The van der Waals surface area contributed by atoms with Crippen LogP contribution < -0.4 is 0 Å². The van der Waals surface area contributed by atoms with E-state index in [0.29, 0.717) is 0 Å². The van der Waals surface area contributed by atoms with Gasteiger partial charge in [0.2, 0.25) is 0 Å². The second kappa shape index (κ2) is 41.3. The number of furan rings is 3. The molecule has 3 N–H and O–H groups in total. The van der Waals surface area contributed by atoms with Crippen LogP contribution in [0.5, 0.6) is 0 Å². The molecule has 0 bridgehead atoms. The average Bonchev–Trinajstić information content (AvgIpc) is 1.76. The molecular weight excluding hydrogens is 2050 g/mol. The number of H-pyrrole nitrogens is 3. The molecule has 0 amide bonds. The topological polar surface area (TPSA) is 102 Å². The minimum absolute atomic E-state index is 0.872. The summed E-state index contributed by atoms with van der Waals surface area (Å²) in [6.45, 7) is 0. The van der Waals surface area contributed by atoms with E-state index in [1.807, 2.05) is 55.0 Å². The maximum atomic E-state index is 5.77. The van der Waals surface area contributed by atoms with Crippen LogP contribution >= 0.6 is 170 Å². The van der Waals surface area contributed by atoms with Crippen molar-refractivity contribution in [1.82, 2.24) is 28.7 Å². The normalized spacial score (nSPS) is 11.3. The molecule has 4 aromatic carbocycles. The molecular formula is C120H78N6O3S15. The van der Waals surface area contributed by atoms with Crippen LogP contribution in [0.1, 0.15) is 0 Å². The minimum Gasteiger partial charge on any atom is -0.464 e. The van der Waals surface area contributed by atoms with Gasteiger partial charge in [-0.3, -0.25) is 0 Å². The summed E-state index contributed by atoms with van der Waals surface area (Å²) in [5.74, 6) is 2.62. The van der Waals surface area contributed by atoms with Gasteiger partial charge >= 0.3 is 0 Å². The summed E-state index contributed by atoms with van der Waals surface area (Å²) in [4.78, 5) is 10.2. The number of rotatable bonds is 24. The summed E-state index contributed by atoms with van der Waals surface area (Å²) < 4.78 is 23.9. The number of nitrogens with zero attached hydrogens (tertiary/aromatic N) is 3. The Morgan fingerprint density at radius 2 is 0.354 bits per heavy atom. The van der Waals surface area contributed by atoms with Gasteiger partial charge in [-0.15, -0.1) is 34.0 Å². The van der Waals surface area contributed by atoms with Crippen LogP contribution in [-0.2, 0) is 0 Å². The van der Waals surface area contributed by atoms with Crippen molar-refractivity contribution in [3.8, 4) is 252 Å². The van der Waals surface area contributed by atoms with Crippen molar-refractivity contribution in [3.05, 3.63) is 436 Å². The first-order chi connectivity index (χ1) is 71.4. The number of thiophene rings is 15. The number of nitrogens with one attached hydrogen (secondary N) is 3. The third-order valence-electron chi connectivity index (χ3n) is 25.5. The zero-order valence-electron chi connectivity index (χ0n) is 76.0. The minimum atomic E-state index is 0.872. The van der Waals surface area contributed by atoms with Crippen LogP contribution in [0.2, 0.25) is 0 Å². The fourth-order valence-corrected chi connectivity index (χ4v) is 30.8. The van der Waals surface area contributed by atoms with Gasteiger partial charge in [-0.05, 0) is 380 Å². The van der Waals surface area contributed by atoms with Crippen molar-refractivity contribution < 1.29 is 13.3 Å². The molecule has 0 spiro atoms. The van der Waals surface area contributed by atoms with E-state index in [0.717, 1.165) is 84.4 Å². The predicted molar refractivity (Wildman–Crippen MR) is 626 cm³/mol. The third-order valence-corrected chi connectivity index (χ3v) is 36.5. The van der Waals surface area contributed by atoms with Crippen LogP contribution in [0.15, 0.2) is 449 Å². The molecule has 28 aromatic rings. The maximum Gasteiger partial charge on any atom is 0.135 e. The Morgan fingerprint density at radius 1 is 0.160 bits per heavy atom. The largest absolute Gasteiger partial charge is 0.464 e. The Balaban J connectivity index is 0.000000101. The quantitative estimate of drug-likeness (QED) is 0.0562. The maximum absolute atomic E-state index is 5.77. The van der Waals surface area contributed by atoms with Gasteiger partial charge in [0.05, 0.1) is 35.9 Å². The molecule has 24 heteroatoms. The molecule has 0 saturated heterocycles. The Bertz CT molecular complexity index is 7080. The molecule has 144 heavy (non-hydrogen) atoms. The van der Waals surface area contributed by atoms with E-state index < -0.39 is 0 Å². The molecule has 24 aromatic heterocycles. The van der Waals surface area contributed by atoms with E-state index in [2.05, 4.69) is 391 Å². The molecule has 0 unspecified atom stereocenters. The lowest BCUT2D eigenvalue weighted by Gasteiger charge is -2.14. The van der Waals surface area contributed by atoms with Gasteiger partial charge in [0.1, 0.15) is 17.3 Å². The lowest BCUT2D eigenvalue weighted by atomic mass is 9.90. The predicted octanol–water partition coefficient (Wildman–Crippen LogP) is 41.8. The highest BCUT2D eigenvalue weighted by molar-refractivity contribution is 7.13. The molecule has 696 valence electrons. The summed E-state index contributed by atoms with van der Waals surface area (Å²) in [6.07, 6.45) is 23.8. The average molecular weight is 2130 g/mol. The smallest absolute Gasteiger partial charge is 0.135 e. The van der Waals surface area contributed by atoms with Gasteiger partial charge in [0.15, 0.2) is 0 Å². The Labute approximate surface area is 890 Å². The van der Waals surface area contributed by atoms with E-state index in [9.17, 15) is 0 Å². The number of hydrogen-bond donors (Lipinski definition) is 3. The van der Waals surface area contributed by atoms with Crippen molar-refractivity contribution in [2.45, 2.75) is 0 Å². The highest BCUT2D eigenvalue weighted by atomic mass is 32.1. The van der Waals surface area contributed by atoms with E-state index in [-0.39, 0.29) is 0 Å². The molecule has 0 radical (unpaired) electrons. The Kier molecular flexibility index (Phi) is 26.1. The molecule has 0 fully saturated rings. The van der Waals surface area contributed by atoms with Crippen molar-refractivity contribution in [2.24, 2.45) is 0 Å². The zero-order chi connectivity index (χ0) is 95.6. The van der Waals surface area contributed by atoms with Crippen LogP contribution in [0.25, 0.3) is 252 Å². The molecule has 0 aliphatic carbocycles. The van der Waals surface area contributed by atoms with Gasteiger partial charge < -0.3 is 41.9 Å². The van der Waals surface area contributed by atoms with E-state index in [4.69, 9.17) is 13.3 Å². The van der Waals surface area contributed by atoms with Crippen LogP contribution in [0, 0.1) is 0 Å². The highest BCUT2D eigenvalue weighted by Crippen LogP contribution is 2.52. The van der Waals surface area contributed by atoms with E-state index >= 15 is 0 Å².